The maximum Gasteiger partial charge on any atom is 0.173 e. The van der Waals surface area contributed by atoms with E-state index in [9.17, 15) is 0 Å². The summed E-state index contributed by atoms with van der Waals surface area (Å²) >= 11 is 0. The van der Waals surface area contributed by atoms with E-state index in [1.54, 1.807) is 11.0 Å². The van der Waals surface area contributed by atoms with Crippen LogP contribution in [0, 0.1) is 0 Å². The van der Waals surface area contributed by atoms with Crippen LogP contribution in [0.25, 0.3) is 0 Å². The lowest BCUT2D eigenvalue weighted by Gasteiger charge is -2.03. The summed E-state index contributed by atoms with van der Waals surface area (Å²) in [5, 5.41) is 0. The molecule has 1 heterocycles. The van der Waals surface area contributed by atoms with Gasteiger partial charge in [-0.05, 0) is 18.4 Å². The van der Waals surface area contributed by atoms with Crippen molar-refractivity contribution in [1.82, 2.24) is 0 Å². The molecule has 1 heteroatoms. The van der Waals surface area contributed by atoms with Crippen molar-refractivity contribution in [1.29, 1.82) is 0 Å². The minimum absolute atomic E-state index is 0.797. The molecule has 0 radical (unpaired) electrons. The van der Waals surface area contributed by atoms with Gasteiger partial charge in [0.05, 0.1) is 0 Å². The van der Waals surface area contributed by atoms with Crippen molar-refractivity contribution in [3.05, 3.63) is 29.3 Å². The fourth-order valence-electron chi connectivity index (χ4n) is 2.10. The van der Waals surface area contributed by atoms with Crippen LogP contribution in [0.1, 0.15) is 18.1 Å². The molecule has 1 aromatic rings. The third kappa shape index (κ3) is 1.18. The number of aryl methyl sites for hydroxylation is 2. The van der Waals surface area contributed by atoms with Gasteiger partial charge in [0.25, 0.3) is 0 Å². The highest BCUT2D eigenvalue weighted by atomic mass is 14.1. The third-order valence-electron chi connectivity index (χ3n) is 2.99. The largest absolute Gasteiger partial charge is 0.173 e. The van der Waals surface area contributed by atoms with E-state index in [1.165, 1.54) is 24.7 Å². The van der Waals surface area contributed by atoms with Gasteiger partial charge in [-0.3, -0.25) is 0 Å². The van der Waals surface area contributed by atoms with Crippen molar-refractivity contribution < 1.29 is 0 Å². The lowest BCUT2D eigenvalue weighted by atomic mass is 9.48. The summed E-state index contributed by atoms with van der Waals surface area (Å²) in [6, 6.07) is 6.99. The summed E-state index contributed by atoms with van der Waals surface area (Å²) in [7, 11) is 0. The summed E-state index contributed by atoms with van der Waals surface area (Å²) in [4.78, 5) is 0. The highest BCUT2D eigenvalue weighted by molar-refractivity contribution is 6.73. The predicted octanol–water partition coefficient (Wildman–Crippen LogP) is 2.14. The van der Waals surface area contributed by atoms with E-state index in [2.05, 4.69) is 31.9 Å². The second-order valence-electron chi connectivity index (χ2n) is 3.83. The van der Waals surface area contributed by atoms with Gasteiger partial charge in [0.1, 0.15) is 0 Å². The Balaban J connectivity index is 2.41. The van der Waals surface area contributed by atoms with Crippen molar-refractivity contribution in [2.24, 2.45) is 0 Å². The number of fused-ring (bicyclic) bond motifs is 1. The predicted molar refractivity (Wildman–Crippen MR) is 55.6 cm³/mol. The van der Waals surface area contributed by atoms with Crippen LogP contribution in [0.3, 0.4) is 0 Å². The Morgan fingerprint density at radius 3 is 3.00 bits per heavy atom. The maximum absolute atomic E-state index is 2.39. The molecule has 1 aliphatic rings. The Bertz CT molecular complexity index is 291. The monoisotopic (exact) mass is 158 g/mol. The minimum atomic E-state index is 0.797. The zero-order valence-electron chi connectivity index (χ0n) is 7.93. The van der Waals surface area contributed by atoms with Gasteiger partial charge < -0.3 is 0 Å². The first-order chi connectivity index (χ1) is 5.81. The van der Waals surface area contributed by atoms with Gasteiger partial charge >= 0.3 is 0 Å². The van der Waals surface area contributed by atoms with Crippen LogP contribution in [0.4, 0.5) is 0 Å². The summed E-state index contributed by atoms with van der Waals surface area (Å²) in [6.07, 6.45) is 3.81. The fourth-order valence-corrected chi connectivity index (χ4v) is 2.10. The van der Waals surface area contributed by atoms with E-state index in [1.807, 2.05) is 0 Å². The molecule has 2 rings (SSSR count). The zero-order chi connectivity index (χ0) is 8.55. The van der Waals surface area contributed by atoms with E-state index in [-0.39, 0.29) is 0 Å². The van der Waals surface area contributed by atoms with Gasteiger partial charge in [-0.1, -0.05) is 49.3 Å². The van der Waals surface area contributed by atoms with Crippen LogP contribution >= 0.6 is 0 Å². The van der Waals surface area contributed by atoms with Gasteiger partial charge in [-0.15, -0.1) is 0 Å². The first kappa shape index (κ1) is 7.91. The van der Waals surface area contributed by atoms with Crippen molar-refractivity contribution in [2.75, 3.05) is 0 Å². The van der Waals surface area contributed by atoms with Crippen LogP contribution in [0.5, 0.6) is 0 Å². The van der Waals surface area contributed by atoms with Crippen LogP contribution in [-0.4, -0.2) is 6.71 Å². The molecule has 62 valence electrons. The lowest BCUT2D eigenvalue weighted by Crippen LogP contribution is -2.21. The Morgan fingerprint density at radius 1 is 1.42 bits per heavy atom. The molecule has 0 N–H and O–H groups in total. The molecule has 0 fully saturated rings. The van der Waals surface area contributed by atoms with E-state index in [4.69, 9.17) is 0 Å². The number of rotatable bonds is 1. The first-order valence-corrected chi connectivity index (χ1v) is 4.93. The van der Waals surface area contributed by atoms with Crippen molar-refractivity contribution in [2.45, 2.75) is 32.9 Å². The van der Waals surface area contributed by atoms with Gasteiger partial charge in [0.15, 0.2) is 6.71 Å². The highest BCUT2D eigenvalue weighted by Crippen LogP contribution is 2.16. The second-order valence-corrected chi connectivity index (χ2v) is 3.83. The number of hydrogen-bond donors (Lipinski definition) is 0. The zero-order valence-corrected chi connectivity index (χ0v) is 7.93. The molecule has 0 amide bonds. The molecule has 0 nitrogen and oxygen atoms in total. The number of benzene rings is 1. The Hall–Kier alpha value is -0.715. The molecule has 0 spiro atoms. The van der Waals surface area contributed by atoms with Crippen LogP contribution in [-0.2, 0) is 12.8 Å². The quantitative estimate of drug-likeness (QED) is 0.549. The molecule has 0 saturated heterocycles. The van der Waals surface area contributed by atoms with Gasteiger partial charge in [0.2, 0.25) is 0 Å². The minimum Gasteiger partial charge on any atom is -0.0817 e. The Morgan fingerprint density at radius 2 is 2.25 bits per heavy atom. The summed E-state index contributed by atoms with van der Waals surface area (Å²) < 4.78 is 0. The standard InChI is InChI=1S/C11H15B/c1-3-9-4-5-11-10(8-9)6-7-12(11)2/h4-5,8H,3,6-7H2,1-2H3. The van der Waals surface area contributed by atoms with Crippen molar-refractivity contribution >= 4 is 12.2 Å². The topological polar surface area (TPSA) is 0 Å². The summed E-state index contributed by atoms with van der Waals surface area (Å²) in [5.41, 5.74) is 4.68. The van der Waals surface area contributed by atoms with Crippen LogP contribution in [0.15, 0.2) is 18.2 Å². The average Bonchev–Trinajstić information content (AvgIpc) is 2.47. The molecule has 1 aromatic carbocycles. The first-order valence-electron chi connectivity index (χ1n) is 4.93. The van der Waals surface area contributed by atoms with Crippen molar-refractivity contribution in [3.63, 3.8) is 0 Å². The van der Waals surface area contributed by atoms with Crippen molar-refractivity contribution in [3.8, 4) is 0 Å². The fraction of sp³-hybridized carbons (Fsp3) is 0.455. The van der Waals surface area contributed by atoms with E-state index >= 15 is 0 Å². The number of hydrogen-bond acceptors (Lipinski definition) is 0. The van der Waals surface area contributed by atoms with E-state index in [0.717, 1.165) is 6.71 Å². The molecule has 0 aliphatic carbocycles. The van der Waals surface area contributed by atoms with E-state index in [0.29, 0.717) is 0 Å². The molecule has 1 aliphatic heterocycles. The normalized spacial score (nSPS) is 15.0. The SMILES string of the molecule is CCc1ccc2c(c1)CCB2C. The smallest absolute Gasteiger partial charge is 0.0817 e. The average molecular weight is 158 g/mol. The Kier molecular flexibility index (Phi) is 1.96. The molecule has 0 aromatic heterocycles. The summed E-state index contributed by atoms with van der Waals surface area (Å²) in [6.45, 7) is 5.35. The van der Waals surface area contributed by atoms with E-state index < -0.39 is 0 Å². The van der Waals surface area contributed by atoms with Gasteiger partial charge in [-0.2, -0.15) is 0 Å². The molecule has 0 bridgehead atoms. The second kappa shape index (κ2) is 2.97. The summed E-state index contributed by atoms with van der Waals surface area (Å²) in [5.74, 6) is 0. The maximum atomic E-state index is 2.39. The molecular formula is C11H15B. The molecule has 12 heavy (non-hydrogen) atoms. The van der Waals surface area contributed by atoms with Gasteiger partial charge in [-0.25, -0.2) is 0 Å². The molecule has 0 unspecified atom stereocenters. The third-order valence-corrected chi connectivity index (χ3v) is 2.99. The van der Waals surface area contributed by atoms with Crippen LogP contribution < -0.4 is 5.46 Å². The molecule has 0 atom stereocenters. The Labute approximate surface area is 75.1 Å². The molecule has 0 saturated carbocycles. The molecular weight excluding hydrogens is 143 g/mol. The van der Waals surface area contributed by atoms with Gasteiger partial charge in [0, 0.05) is 0 Å². The van der Waals surface area contributed by atoms with Crippen LogP contribution in [0.2, 0.25) is 13.1 Å². The highest BCUT2D eigenvalue weighted by Gasteiger charge is 2.20. The lowest BCUT2D eigenvalue weighted by molar-refractivity contribution is 1.11.